The summed E-state index contributed by atoms with van der Waals surface area (Å²) in [5.41, 5.74) is 17.4. The summed E-state index contributed by atoms with van der Waals surface area (Å²) in [5, 5.41) is 21.1. The van der Waals surface area contributed by atoms with Crippen molar-refractivity contribution in [2.45, 2.75) is 67.2 Å². The highest BCUT2D eigenvalue weighted by Crippen LogP contribution is 2.38. The molecule has 0 fully saturated rings. The van der Waals surface area contributed by atoms with Gasteiger partial charge in [-0.25, -0.2) is 13.8 Å². The minimum absolute atomic E-state index is 0.00194. The van der Waals surface area contributed by atoms with E-state index in [2.05, 4.69) is 29.4 Å². The lowest BCUT2D eigenvalue weighted by molar-refractivity contribution is 0.0547. The quantitative estimate of drug-likeness (QED) is 0.163. The Morgan fingerprint density at radius 2 is 1.37 bits per heavy atom. The van der Waals surface area contributed by atoms with Gasteiger partial charge in [0.15, 0.2) is 11.6 Å². The molecular weight excluding hydrogens is 691 g/mol. The Kier molecular flexibility index (Phi) is 12.2. The number of hydrogen-bond donors (Lipinski definition) is 3. The van der Waals surface area contributed by atoms with E-state index in [4.69, 9.17) is 26.2 Å². The Morgan fingerprint density at radius 1 is 0.852 bits per heavy atom. The van der Waals surface area contributed by atoms with Crippen molar-refractivity contribution in [1.29, 1.82) is 5.26 Å². The van der Waals surface area contributed by atoms with E-state index >= 15 is 0 Å². The Balaban J connectivity index is 0.000000222. The molecular formula is C40H49FN8O5. The SMILES string of the molecule is Cc1nn(-c2ccc(C#N)c(F)c2)c2c1C(=O)CC(C)(C)C2.Cc1nn(-c2ccc(C(N)=O)c(NCCOCCOCCN)c2)c2c1C(=O)CC(C)(C)C2. The summed E-state index contributed by atoms with van der Waals surface area (Å²) in [4.78, 5) is 37.0. The number of benzene rings is 2. The highest BCUT2D eigenvalue weighted by atomic mass is 19.1. The molecule has 6 rings (SSSR count). The number of nitrogens with one attached hydrogen (secondary N) is 1. The van der Waals surface area contributed by atoms with Gasteiger partial charge in [-0.3, -0.25) is 14.4 Å². The van der Waals surface area contributed by atoms with Crippen LogP contribution in [0.2, 0.25) is 0 Å². The molecule has 2 aromatic heterocycles. The summed E-state index contributed by atoms with van der Waals surface area (Å²) in [7, 11) is 0. The molecule has 2 aliphatic carbocycles. The van der Waals surface area contributed by atoms with Gasteiger partial charge in [-0.15, -0.1) is 0 Å². The maximum Gasteiger partial charge on any atom is 0.250 e. The Hall–Kier alpha value is -5.23. The zero-order valence-electron chi connectivity index (χ0n) is 31.8. The number of aromatic nitrogens is 4. The van der Waals surface area contributed by atoms with Crippen molar-refractivity contribution in [2.24, 2.45) is 22.3 Å². The van der Waals surface area contributed by atoms with Crippen LogP contribution in [0.4, 0.5) is 10.1 Å². The molecule has 0 spiro atoms. The molecule has 14 heteroatoms. The minimum atomic E-state index is -0.580. The summed E-state index contributed by atoms with van der Waals surface area (Å²) < 4.78 is 28.1. The van der Waals surface area contributed by atoms with Crippen molar-refractivity contribution in [2.75, 3.05) is 44.8 Å². The molecule has 54 heavy (non-hydrogen) atoms. The smallest absolute Gasteiger partial charge is 0.250 e. The van der Waals surface area contributed by atoms with Crippen LogP contribution in [-0.2, 0) is 22.3 Å². The van der Waals surface area contributed by atoms with E-state index in [0.717, 1.165) is 29.2 Å². The molecule has 2 aromatic carbocycles. The van der Waals surface area contributed by atoms with E-state index in [-0.39, 0.29) is 28.0 Å². The number of amides is 1. The second-order valence-corrected chi connectivity index (χ2v) is 15.3. The van der Waals surface area contributed by atoms with Gasteiger partial charge >= 0.3 is 0 Å². The van der Waals surface area contributed by atoms with Gasteiger partial charge in [0.25, 0.3) is 5.91 Å². The number of carbonyl (C=O) groups is 3. The molecule has 0 saturated carbocycles. The second kappa shape index (κ2) is 16.4. The first-order valence-electron chi connectivity index (χ1n) is 18.0. The molecule has 286 valence electrons. The van der Waals surface area contributed by atoms with Crippen molar-refractivity contribution in [1.82, 2.24) is 19.6 Å². The highest BCUT2D eigenvalue weighted by Gasteiger charge is 2.37. The van der Waals surface area contributed by atoms with E-state index in [0.29, 0.717) is 92.5 Å². The zero-order valence-corrected chi connectivity index (χ0v) is 31.8. The van der Waals surface area contributed by atoms with E-state index in [1.54, 1.807) is 35.9 Å². The van der Waals surface area contributed by atoms with Crippen molar-refractivity contribution in [3.8, 4) is 17.4 Å². The largest absolute Gasteiger partial charge is 0.382 e. The van der Waals surface area contributed by atoms with Crippen LogP contribution < -0.4 is 16.8 Å². The number of nitrogens with two attached hydrogens (primary N) is 2. The lowest BCUT2D eigenvalue weighted by atomic mass is 9.75. The Labute approximate surface area is 314 Å². The third-order valence-electron chi connectivity index (χ3n) is 9.47. The van der Waals surface area contributed by atoms with Crippen molar-refractivity contribution in [3.63, 3.8) is 0 Å². The van der Waals surface area contributed by atoms with Crippen LogP contribution >= 0.6 is 0 Å². The molecule has 0 bridgehead atoms. The van der Waals surface area contributed by atoms with Crippen LogP contribution in [0.3, 0.4) is 0 Å². The molecule has 0 radical (unpaired) electrons. The van der Waals surface area contributed by atoms with Gasteiger partial charge in [-0.2, -0.15) is 15.5 Å². The van der Waals surface area contributed by atoms with Gasteiger partial charge in [0.2, 0.25) is 0 Å². The minimum Gasteiger partial charge on any atom is -0.382 e. The fourth-order valence-corrected chi connectivity index (χ4v) is 7.12. The van der Waals surface area contributed by atoms with Crippen molar-refractivity contribution < 1.29 is 28.2 Å². The van der Waals surface area contributed by atoms with Gasteiger partial charge in [0.05, 0.1) is 82.8 Å². The average molecular weight is 741 g/mol. The zero-order chi connectivity index (χ0) is 39.4. The molecule has 1 amide bonds. The fraction of sp³-hybridized carbons (Fsp3) is 0.450. The summed E-state index contributed by atoms with van der Waals surface area (Å²) >= 11 is 0. The number of ketones is 2. The van der Waals surface area contributed by atoms with Gasteiger partial charge in [-0.1, -0.05) is 27.7 Å². The number of nitrogens with zero attached hydrogens (tertiary/aromatic N) is 5. The third-order valence-corrected chi connectivity index (χ3v) is 9.47. The molecule has 0 saturated heterocycles. The maximum absolute atomic E-state index is 13.9. The first kappa shape index (κ1) is 40.0. The summed E-state index contributed by atoms with van der Waals surface area (Å²) in [6.07, 6.45) is 2.46. The van der Waals surface area contributed by atoms with Crippen LogP contribution in [-0.4, -0.2) is 76.6 Å². The summed E-state index contributed by atoms with van der Waals surface area (Å²) in [6, 6.07) is 11.5. The van der Waals surface area contributed by atoms with Crippen LogP contribution in [0.1, 0.15) is 99.9 Å². The normalized spacial score (nSPS) is 15.5. The van der Waals surface area contributed by atoms with Crippen molar-refractivity contribution in [3.05, 3.63) is 87.2 Å². The molecule has 0 unspecified atom stereocenters. The van der Waals surface area contributed by atoms with Gasteiger partial charge < -0.3 is 26.3 Å². The Morgan fingerprint density at radius 3 is 1.87 bits per heavy atom. The average Bonchev–Trinajstić information content (AvgIpc) is 3.60. The predicted octanol–water partition coefficient (Wildman–Crippen LogP) is 5.19. The number of hydrogen-bond acceptors (Lipinski definition) is 10. The number of aryl methyl sites for hydroxylation is 2. The molecule has 0 atom stereocenters. The monoisotopic (exact) mass is 740 g/mol. The van der Waals surface area contributed by atoms with Crippen LogP contribution in [0.15, 0.2) is 36.4 Å². The number of nitriles is 1. The van der Waals surface area contributed by atoms with Crippen LogP contribution in [0.5, 0.6) is 0 Å². The molecule has 2 aliphatic rings. The number of ether oxygens (including phenoxy) is 2. The van der Waals surface area contributed by atoms with Crippen LogP contribution in [0.25, 0.3) is 11.4 Å². The molecule has 2 heterocycles. The third kappa shape index (κ3) is 8.93. The molecule has 0 aliphatic heterocycles. The maximum atomic E-state index is 13.9. The number of Topliss-reactive ketones (excluding diaryl/α,β-unsaturated/α-hetero) is 2. The van der Waals surface area contributed by atoms with E-state index in [1.165, 1.54) is 12.1 Å². The molecule has 4 aromatic rings. The van der Waals surface area contributed by atoms with Gasteiger partial charge in [0, 0.05) is 37.7 Å². The van der Waals surface area contributed by atoms with Gasteiger partial charge in [0.1, 0.15) is 11.9 Å². The molecule has 13 nitrogen and oxygen atoms in total. The first-order chi connectivity index (χ1) is 25.6. The Bertz CT molecular complexity index is 2110. The fourth-order valence-electron chi connectivity index (χ4n) is 7.12. The number of primary amides is 1. The molecule has 5 N–H and O–H groups in total. The van der Waals surface area contributed by atoms with E-state index < -0.39 is 11.7 Å². The van der Waals surface area contributed by atoms with Crippen LogP contribution in [0, 0.1) is 41.8 Å². The summed E-state index contributed by atoms with van der Waals surface area (Å²) in [6.45, 7) is 14.8. The van der Waals surface area contributed by atoms with E-state index in [9.17, 15) is 18.8 Å². The van der Waals surface area contributed by atoms with Crippen molar-refractivity contribution >= 4 is 23.2 Å². The lowest BCUT2D eigenvalue weighted by Crippen LogP contribution is -2.28. The topological polar surface area (TPSA) is 193 Å². The number of carbonyl (C=O) groups excluding carboxylic acids is 3. The first-order valence-corrected chi connectivity index (χ1v) is 18.0. The second-order valence-electron chi connectivity index (χ2n) is 15.3. The number of fused-ring (bicyclic) bond motifs is 2. The lowest BCUT2D eigenvalue weighted by Gasteiger charge is -2.29. The highest BCUT2D eigenvalue weighted by molar-refractivity contribution is 6.01. The van der Waals surface area contributed by atoms with Gasteiger partial charge in [-0.05, 0) is 67.9 Å². The van der Waals surface area contributed by atoms with E-state index in [1.807, 2.05) is 31.5 Å². The number of anilines is 1. The number of rotatable bonds is 12. The standard InChI is InChI=1S/C23H33N5O4.C17H16FN3O/c1-15-21-19(13-23(2,3)14-20(21)29)28(27-15)16-4-5-17(22(25)30)18(12-16)26-7-9-32-11-10-31-8-6-24;1-10-16-14(7-17(2,3)8-15(16)22)21(20-10)12-5-4-11(9-19)13(18)6-12/h4-5,12,26H,6-11,13-14,24H2,1-3H3,(H2,25,30);4-6H,7-8H2,1-3H3. The summed E-state index contributed by atoms with van der Waals surface area (Å²) in [5.74, 6) is -0.891. The predicted molar refractivity (Wildman–Crippen MR) is 202 cm³/mol. The number of halogens is 1.